The summed E-state index contributed by atoms with van der Waals surface area (Å²) in [6, 6.07) is 7.79. The van der Waals surface area contributed by atoms with Crippen molar-refractivity contribution in [3.63, 3.8) is 0 Å². The van der Waals surface area contributed by atoms with Crippen molar-refractivity contribution in [1.82, 2.24) is 15.1 Å². The second-order valence-corrected chi connectivity index (χ2v) is 12.1. The number of rotatable bonds is 7. The van der Waals surface area contributed by atoms with Crippen LogP contribution < -0.4 is 10.2 Å². The van der Waals surface area contributed by atoms with Crippen molar-refractivity contribution in [2.24, 2.45) is 5.92 Å². The summed E-state index contributed by atoms with van der Waals surface area (Å²) in [5, 5.41) is 15.0. The van der Waals surface area contributed by atoms with Gasteiger partial charge in [-0.1, -0.05) is 26.0 Å². The number of nitrogens with zero attached hydrogens (tertiary/aromatic N) is 4. The average molecular weight is 540 g/mol. The smallest absolute Gasteiger partial charge is 0.417 e. The number of nitriles is 1. The van der Waals surface area contributed by atoms with Gasteiger partial charge in [0.1, 0.15) is 11.4 Å². The highest BCUT2D eigenvalue weighted by Crippen LogP contribution is 2.39. The van der Waals surface area contributed by atoms with E-state index in [1.807, 2.05) is 19.9 Å². The van der Waals surface area contributed by atoms with Crippen LogP contribution in [-0.4, -0.2) is 47.9 Å². The highest BCUT2D eigenvalue weighted by molar-refractivity contribution is 7.92. The summed E-state index contributed by atoms with van der Waals surface area (Å²) < 4.78 is 75.2. The number of benzene rings is 1. The number of aryl methyl sites for hydroxylation is 1. The first-order valence-corrected chi connectivity index (χ1v) is 13.4. The van der Waals surface area contributed by atoms with Crippen LogP contribution in [0.2, 0.25) is 0 Å². The molecule has 1 saturated heterocycles. The fourth-order valence-corrected chi connectivity index (χ4v) is 6.34. The number of carbonyl (C=O) groups is 1. The van der Waals surface area contributed by atoms with Crippen LogP contribution in [0.25, 0.3) is 0 Å². The highest BCUT2D eigenvalue weighted by atomic mass is 32.2. The second kappa shape index (κ2) is 9.55. The van der Waals surface area contributed by atoms with Gasteiger partial charge in [0.25, 0.3) is 0 Å². The molecule has 4 rings (SSSR count). The van der Waals surface area contributed by atoms with Gasteiger partial charge >= 0.3 is 12.3 Å². The Labute approximate surface area is 213 Å². The van der Waals surface area contributed by atoms with E-state index in [1.165, 1.54) is 6.07 Å². The van der Waals surface area contributed by atoms with E-state index in [0.717, 1.165) is 18.2 Å². The van der Waals surface area contributed by atoms with Crippen LogP contribution in [0, 0.1) is 24.2 Å². The zero-order valence-corrected chi connectivity index (χ0v) is 21.4. The van der Waals surface area contributed by atoms with Gasteiger partial charge in [0.15, 0.2) is 16.1 Å². The van der Waals surface area contributed by atoms with E-state index in [0.29, 0.717) is 30.9 Å². The number of alkyl halides is 3. The topological polar surface area (TPSA) is 117 Å². The van der Waals surface area contributed by atoms with Crippen LogP contribution in [0.4, 0.5) is 23.8 Å². The molecule has 1 amide bonds. The van der Waals surface area contributed by atoms with Crippen molar-refractivity contribution in [3.8, 4) is 6.07 Å². The number of carbonyl (C=O) groups excluding carboxylic acids is 1. The molecule has 9 nitrogen and oxygen atoms in total. The summed E-state index contributed by atoms with van der Waals surface area (Å²) >= 11 is 0. The maximum Gasteiger partial charge on any atom is 0.417 e. The van der Waals surface area contributed by atoms with Gasteiger partial charge in [-0.3, -0.25) is 0 Å². The van der Waals surface area contributed by atoms with Gasteiger partial charge in [0, 0.05) is 25.6 Å². The first-order valence-electron chi connectivity index (χ1n) is 11.9. The van der Waals surface area contributed by atoms with Crippen molar-refractivity contribution in [1.29, 1.82) is 5.26 Å². The quantitative estimate of drug-likeness (QED) is 0.565. The normalized spacial score (nSPS) is 21.1. The summed E-state index contributed by atoms with van der Waals surface area (Å²) in [6.45, 7) is 6.00. The third kappa shape index (κ3) is 5.53. The molecule has 0 spiro atoms. The van der Waals surface area contributed by atoms with E-state index >= 15 is 0 Å². The molecule has 2 aromatic rings. The number of ether oxygens (including phenoxy) is 1. The first kappa shape index (κ1) is 26.8. The highest BCUT2D eigenvalue weighted by Gasteiger charge is 2.48. The number of sulfone groups is 1. The fourth-order valence-electron chi connectivity index (χ4n) is 4.45. The van der Waals surface area contributed by atoms with E-state index in [-0.39, 0.29) is 18.9 Å². The largest absolute Gasteiger partial charge is 0.425 e. The van der Waals surface area contributed by atoms with Crippen LogP contribution in [0.5, 0.6) is 0 Å². The molecule has 1 N–H and O–H groups in total. The molecule has 1 aliphatic heterocycles. The monoisotopic (exact) mass is 539 g/mol. The van der Waals surface area contributed by atoms with Crippen molar-refractivity contribution < 1.29 is 31.1 Å². The summed E-state index contributed by atoms with van der Waals surface area (Å²) in [6.07, 6.45) is -6.17. The Balaban J connectivity index is 1.69. The van der Waals surface area contributed by atoms with E-state index in [9.17, 15) is 31.6 Å². The maximum atomic E-state index is 13.6. The minimum Gasteiger partial charge on any atom is -0.425 e. The number of anilines is 1. The van der Waals surface area contributed by atoms with Crippen LogP contribution in [0.1, 0.15) is 44.4 Å². The van der Waals surface area contributed by atoms with Crippen LogP contribution >= 0.6 is 0 Å². The lowest BCUT2D eigenvalue weighted by Gasteiger charge is -2.27. The number of amides is 1. The van der Waals surface area contributed by atoms with Gasteiger partial charge in [0.2, 0.25) is 0 Å². The maximum absolute atomic E-state index is 13.6. The Morgan fingerprint density at radius 3 is 2.59 bits per heavy atom. The minimum absolute atomic E-state index is 0.187. The third-order valence-corrected chi connectivity index (χ3v) is 8.60. The molecular formula is C24H28F3N5O4S. The molecule has 1 aliphatic carbocycles. The molecule has 2 atom stereocenters. The predicted octanol–water partition coefficient (Wildman–Crippen LogP) is 4.03. The van der Waals surface area contributed by atoms with E-state index in [1.54, 1.807) is 22.6 Å². The molecule has 0 radical (unpaired) electrons. The lowest BCUT2D eigenvalue weighted by atomic mass is 10.2. The van der Waals surface area contributed by atoms with Gasteiger partial charge in [0.05, 0.1) is 27.5 Å². The Kier molecular flexibility index (Phi) is 6.92. The molecule has 200 valence electrons. The van der Waals surface area contributed by atoms with E-state index < -0.39 is 49.6 Å². The van der Waals surface area contributed by atoms with Gasteiger partial charge in [-0.2, -0.15) is 23.5 Å². The predicted molar refractivity (Wildman–Crippen MR) is 127 cm³/mol. The standard InChI is InChI=1S/C24H28F3N5O4S/c1-15(2)12-32-20(10-16(3)30-32)31-13-17(11-21(31)36-22(33)29-23(14-28)8-9-23)37(34,35)19-7-5-4-6-18(19)24(25,26)27/h4-7,10,15,17,21H,8-9,11-13H2,1-3H3,(H,29,33)/t17-,21+/m1/s1. The van der Waals surface area contributed by atoms with Gasteiger partial charge < -0.3 is 15.0 Å². The number of aromatic nitrogens is 2. The van der Waals surface area contributed by atoms with Crippen molar-refractivity contribution in [2.75, 3.05) is 11.4 Å². The van der Waals surface area contributed by atoms with E-state index in [4.69, 9.17) is 4.74 Å². The van der Waals surface area contributed by atoms with Crippen LogP contribution in [0.15, 0.2) is 35.2 Å². The van der Waals surface area contributed by atoms with Crippen molar-refractivity contribution in [3.05, 3.63) is 41.6 Å². The van der Waals surface area contributed by atoms with Crippen molar-refractivity contribution in [2.45, 2.75) is 74.7 Å². The number of alkyl carbamates (subject to hydrolysis) is 1. The molecule has 1 aromatic carbocycles. The molecule has 1 aromatic heterocycles. The Hall–Kier alpha value is -3.27. The Morgan fingerprint density at radius 1 is 1.32 bits per heavy atom. The molecule has 2 fully saturated rings. The molecule has 1 saturated carbocycles. The molecular weight excluding hydrogens is 511 g/mol. The number of nitrogens with one attached hydrogen (secondary N) is 1. The molecule has 37 heavy (non-hydrogen) atoms. The minimum atomic E-state index is -4.86. The average Bonchev–Trinajstić information content (AvgIpc) is 3.30. The lowest BCUT2D eigenvalue weighted by Crippen LogP contribution is -2.42. The SMILES string of the molecule is Cc1cc(N2C[C@H](S(=O)(=O)c3ccccc3C(F)(F)F)C[C@@H]2OC(=O)NC2(C#N)CC2)n(CC(C)C)n1. The summed E-state index contributed by atoms with van der Waals surface area (Å²) in [5.41, 5.74) is -1.60. The first-order chi connectivity index (χ1) is 17.3. The molecule has 13 heteroatoms. The lowest BCUT2D eigenvalue weighted by molar-refractivity contribution is -0.139. The molecule has 2 aliphatic rings. The number of halogens is 3. The summed E-state index contributed by atoms with van der Waals surface area (Å²) in [7, 11) is -4.47. The Morgan fingerprint density at radius 2 is 2.00 bits per heavy atom. The number of hydrogen-bond donors (Lipinski definition) is 1. The third-order valence-electron chi connectivity index (χ3n) is 6.41. The van der Waals surface area contributed by atoms with Gasteiger partial charge in [-0.15, -0.1) is 0 Å². The van der Waals surface area contributed by atoms with Gasteiger partial charge in [-0.25, -0.2) is 17.9 Å². The van der Waals surface area contributed by atoms with Crippen molar-refractivity contribution >= 4 is 21.7 Å². The summed E-state index contributed by atoms with van der Waals surface area (Å²) in [5.74, 6) is 0.680. The Bertz CT molecular complexity index is 1330. The molecule has 0 unspecified atom stereocenters. The number of hydrogen-bond acceptors (Lipinski definition) is 7. The molecule has 2 heterocycles. The molecule has 0 bridgehead atoms. The summed E-state index contributed by atoms with van der Waals surface area (Å²) in [4.78, 5) is 13.4. The van der Waals surface area contributed by atoms with Gasteiger partial charge in [-0.05, 0) is 37.8 Å². The zero-order valence-electron chi connectivity index (χ0n) is 20.6. The second-order valence-electron chi connectivity index (χ2n) is 9.95. The van der Waals surface area contributed by atoms with Crippen LogP contribution in [0.3, 0.4) is 0 Å². The fraction of sp³-hybridized carbons (Fsp3) is 0.542. The zero-order chi connectivity index (χ0) is 27.2. The van der Waals surface area contributed by atoms with Crippen LogP contribution in [-0.2, 0) is 27.3 Å². The van der Waals surface area contributed by atoms with E-state index in [2.05, 4.69) is 10.4 Å².